The van der Waals surface area contributed by atoms with Gasteiger partial charge in [0, 0.05) is 33.8 Å². The van der Waals surface area contributed by atoms with Gasteiger partial charge in [0.15, 0.2) is 0 Å². The van der Waals surface area contributed by atoms with E-state index >= 15 is 0 Å². The summed E-state index contributed by atoms with van der Waals surface area (Å²) in [5.74, 6) is -0.165. The van der Waals surface area contributed by atoms with Crippen LogP contribution in [0.15, 0.2) is 28.4 Å². The van der Waals surface area contributed by atoms with Gasteiger partial charge in [-0.15, -0.1) is 11.3 Å². The Morgan fingerprint density at radius 1 is 1.35 bits per heavy atom. The van der Waals surface area contributed by atoms with Gasteiger partial charge in [0.05, 0.1) is 5.69 Å². The van der Waals surface area contributed by atoms with E-state index in [9.17, 15) is 9.59 Å². The lowest BCUT2D eigenvalue weighted by atomic mass is 10.1. The molecule has 1 amide bonds. The molecule has 2 N–H and O–H groups in total. The number of aryl methyl sites for hydroxylation is 3. The average molecular weight is 391 g/mol. The molecule has 0 aliphatic heterocycles. The summed E-state index contributed by atoms with van der Waals surface area (Å²) in [6.07, 6.45) is 0.556. The first-order valence-electron chi connectivity index (χ1n) is 8.14. The lowest BCUT2D eigenvalue weighted by Crippen LogP contribution is -2.19. The van der Waals surface area contributed by atoms with E-state index in [1.165, 1.54) is 16.0 Å². The number of aromatic nitrogens is 3. The number of halogens is 1. The first kappa shape index (κ1) is 18.4. The second-order valence-electron chi connectivity index (χ2n) is 6.14. The van der Waals surface area contributed by atoms with Crippen molar-refractivity contribution in [1.29, 1.82) is 0 Å². The van der Waals surface area contributed by atoms with Gasteiger partial charge in [0.25, 0.3) is 5.56 Å². The van der Waals surface area contributed by atoms with E-state index in [-0.39, 0.29) is 17.9 Å². The predicted molar refractivity (Wildman–Crippen MR) is 105 cm³/mol. The normalized spacial score (nSPS) is 10.9. The Balaban J connectivity index is 1.69. The van der Waals surface area contributed by atoms with Crippen LogP contribution in [0.4, 0.5) is 5.69 Å². The highest BCUT2D eigenvalue weighted by molar-refractivity contribution is 7.12. The first-order chi connectivity index (χ1) is 12.3. The second kappa shape index (κ2) is 7.47. The molecule has 0 saturated heterocycles. The Bertz CT molecular complexity index is 1020. The number of hydrogen-bond acceptors (Lipinski definition) is 4. The minimum absolute atomic E-state index is 0.164. The number of amides is 1. The van der Waals surface area contributed by atoms with Crippen LogP contribution < -0.4 is 10.9 Å². The molecule has 1 aromatic carbocycles. The third kappa shape index (κ3) is 3.89. The van der Waals surface area contributed by atoms with E-state index in [2.05, 4.69) is 15.4 Å². The number of nitrogens with zero attached hydrogens (tertiary/aromatic N) is 2. The summed E-state index contributed by atoms with van der Waals surface area (Å²) in [4.78, 5) is 29.1. The molecule has 2 heterocycles. The number of anilines is 1. The van der Waals surface area contributed by atoms with Gasteiger partial charge in [-0.25, -0.2) is 4.98 Å². The molecule has 0 fully saturated rings. The van der Waals surface area contributed by atoms with Gasteiger partial charge in [-0.1, -0.05) is 17.7 Å². The third-order valence-corrected chi connectivity index (χ3v) is 5.40. The molecule has 0 aliphatic rings. The van der Waals surface area contributed by atoms with Crippen molar-refractivity contribution in [1.82, 2.24) is 14.8 Å². The van der Waals surface area contributed by atoms with Crippen molar-refractivity contribution in [2.45, 2.75) is 33.6 Å². The number of thiazole rings is 1. The fraction of sp³-hybridized carbons (Fsp3) is 0.278. The minimum atomic E-state index is -0.165. The van der Waals surface area contributed by atoms with Crippen LogP contribution in [0.2, 0.25) is 5.02 Å². The van der Waals surface area contributed by atoms with Crippen molar-refractivity contribution in [2.75, 3.05) is 5.32 Å². The first-order valence-corrected chi connectivity index (χ1v) is 9.40. The molecule has 8 heteroatoms. The molecule has 0 bridgehead atoms. The SMILES string of the molecule is Cc1csc(-n2[nH]c(C)c(CCC(=O)Nc3ccc(C)c(Cl)c3)c2=O)n1. The van der Waals surface area contributed by atoms with Gasteiger partial charge in [-0.05, 0) is 44.9 Å². The van der Waals surface area contributed by atoms with Gasteiger partial charge in [0.1, 0.15) is 0 Å². The summed E-state index contributed by atoms with van der Waals surface area (Å²) in [6, 6.07) is 5.37. The Morgan fingerprint density at radius 2 is 2.12 bits per heavy atom. The Kier molecular flexibility index (Phi) is 5.29. The number of nitrogens with one attached hydrogen (secondary N) is 2. The maximum Gasteiger partial charge on any atom is 0.276 e. The predicted octanol–water partition coefficient (Wildman–Crippen LogP) is 3.77. The lowest BCUT2D eigenvalue weighted by molar-refractivity contribution is -0.116. The van der Waals surface area contributed by atoms with E-state index in [0.717, 1.165) is 17.0 Å². The topological polar surface area (TPSA) is 79.8 Å². The molecule has 3 aromatic rings. The van der Waals surface area contributed by atoms with Crippen molar-refractivity contribution >= 4 is 34.5 Å². The van der Waals surface area contributed by atoms with Crippen LogP contribution in [0.25, 0.3) is 5.13 Å². The maximum absolute atomic E-state index is 12.6. The van der Waals surface area contributed by atoms with Crippen LogP contribution in [0.3, 0.4) is 0 Å². The standard InChI is InChI=1S/C18H19ClN4O2S/c1-10-4-5-13(8-15(10)19)21-16(24)7-6-14-12(3)22-23(17(14)25)18-20-11(2)9-26-18/h4-5,8-9,22H,6-7H2,1-3H3,(H,21,24). The lowest BCUT2D eigenvalue weighted by Gasteiger charge is -2.06. The van der Waals surface area contributed by atoms with E-state index in [1.54, 1.807) is 12.1 Å². The average Bonchev–Trinajstić information content (AvgIpc) is 3.13. The zero-order valence-corrected chi connectivity index (χ0v) is 16.3. The zero-order chi connectivity index (χ0) is 18.8. The molecule has 0 aliphatic carbocycles. The van der Waals surface area contributed by atoms with Gasteiger partial charge in [0.2, 0.25) is 11.0 Å². The molecule has 0 spiro atoms. The van der Waals surface area contributed by atoms with E-state index < -0.39 is 0 Å². The van der Waals surface area contributed by atoms with Crippen LogP contribution in [-0.4, -0.2) is 20.7 Å². The summed E-state index contributed by atoms with van der Waals surface area (Å²) in [5, 5.41) is 8.93. The summed E-state index contributed by atoms with van der Waals surface area (Å²) < 4.78 is 1.43. The quantitative estimate of drug-likeness (QED) is 0.695. The van der Waals surface area contributed by atoms with E-state index in [0.29, 0.717) is 27.8 Å². The van der Waals surface area contributed by atoms with Crippen LogP contribution in [-0.2, 0) is 11.2 Å². The largest absolute Gasteiger partial charge is 0.326 e. The zero-order valence-electron chi connectivity index (χ0n) is 14.7. The fourth-order valence-corrected chi connectivity index (χ4v) is 3.53. The summed E-state index contributed by atoms with van der Waals surface area (Å²) in [7, 11) is 0. The number of rotatable bonds is 5. The van der Waals surface area contributed by atoms with Crippen LogP contribution in [0, 0.1) is 20.8 Å². The Morgan fingerprint density at radius 3 is 2.77 bits per heavy atom. The molecular formula is C18H19ClN4O2S. The molecule has 0 unspecified atom stereocenters. The summed E-state index contributed by atoms with van der Waals surface area (Å²) in [5.41, 5.74) is 3.63. The van der Waals surface area contributed by atoms with Crippen LogP contribution >= 0.6 is 22.9 Å². The van der Waals surface area contributed by atoms with E-state index in [4.69, 9.17) is 11.6 Å². The summed E-state index contributed by atoms with van der Waals surface area (Å²) >= 11 is 7.47. The maximum atomic E-state index is 12.6. The number of benzene rings is 1. The Labute approximate surface area is 159 Å². The van der Waals surface area contributed by atoms with Crippen molar-refractivity contribution < 1.29 is 4.79 Å². The number of carbonyl (C=O) groups excluding carboxylic acids is 1. The highest BCUT2D eigenvalue weighted by atomic mass is 35.5. The molecule has 6 nitrogen and oxygen atoms in total. The van der Waals surface area contributed by atoms with Crippen molar-refractivity contribution in [3.8, 4) is 5.13 Å². The van der Waals surface area contributed by atoms with Crippen molar-refractivity contribution in [3.05, 3.63) is 61.5 Å². The Hall–Kier alpha value is -2.38. The van der Waals surface area contributed by atoms with E-state index in [1.807, 2.05) is 32.2 Å². The number of aromatic amines is 1. The third-order valence-electron chi connectivity index (χ3n) is 4.05. The van der Waals surface area contributed by atoms with Gasteiger partial charge >= 0.3 is 0 Å². The van der Waals surface area contributed by atoms with Crippen LogP contribution in [0.1, 0.15) is 28.9 Å². The molecule has 0 saturated carbocycles. The minimum Gasteiger partial charge on any atom is -0.326 e. The van der Waals surface area contributed by atoms with Crippen molar-refractivity contribution in [2.24, 2.45) is 0 Å². The highest BCUT2D eigenvalue weighted by Gasteiger charge is 2.15. The highest BCUT2D eigenvalue weighted by Crippen LogP contribution is 2.20. The van der Waals surface area contributed by atoms with Gasteiger partial charge < -0.3 is 5.32 Å². The second-order valence-corrected chi connectivity index (χ2v) is 7.38. The fourth-order valence-electron chi connectivity index (χ4n) is 2.59. The van der Waals surface area contributed by atoms with Crippen LogP contribution in [0.5, 0.6) is 0 Å². The number of H-pyrrole nitrogens is 1. The smallest absolute Gasteiger partial charge is 0.276 e. The molecule has 3 rings (SSSR count). The van der Waals surface area contributed by atoms with Gasteiger partial charge in [-0.3, -0.25) is 14.7 Å². The summed E-state index contributed by atoms with van der Waals surface area (Å²) in [6.45, 7) is 5.60. The molecule has 26 heavy (non-hydrogen) atoms. The molecule has 136 valence electrons. The van der Waals surface area contributed by atoms with Crippen molar-refractivity contribution in [3.63, 3.8) is 0 Å². The number of carbonyl (C=O) groups is 1. The van der Waals surface area contributed by atoms with Gasteiger partial charge in [-0.2, -0.15) is 4.68 Å². The molecule has 0 atom stereocenters. The monoisotopic (exact) mass is 390 g/mol. The molecular weight excluding hydrogens is 372 g/mol. The molecule has 0 radical (unpaired) electrons. The molecule has 2 aromatic heterocycles. The number of hydrogen-bond donors (Lipinski definition) is 2.